The molecule has 2 rings (SSSR count). The average Bonchev–Trinajstić information content (AvgIpc) is 2.86. The second kappa shape index (κ2) is 6.09. The maximum atomic E-state index is 9.00. The van der Waals surface area contributed by atoms with Crippen molar-refractivity contribution in [3.8, 4) is 6.07 Å². The topological polar surface area (TPSA) is 78.5 Å². The van der Waals surface area contributed by atoms with Crippen molar-refractivity contribution in [3.63, 3.8) is 0 Å². The molecular formula is C14H18N4S. The Morgan fingerprint density at radius 3 is 2.95 bits per heavy atom. The number of benzene rings is 1. The van der Waals surface area contributed by atoms with Gasteiger partial charge in [0, 0.05) is 5.75 Å². The van der Waals surface area contributed by atoms with Crippen LogP contribution < -0.4 is 5.73 Å². The summed E-state index contributed by atoms with van der Waals surface area (Å²) in [4.78, 5) is 7.77. The quantitative estimate of drug-likeness (QED) is 0.627. The zero-order valence-corrected chi connectivity index (χ0v) is 11.8. The Balaban J connectivity index is 1.85. The summed E-state index contributed by atoms with van der Waals surface area (Å²) in [6, 6.07) is 10.2. The van der Waals surface area contributed by atoms with E-state index in [2.05, 4.69) is 16.0 Å². The lowest BCUT2D eigenvalue weighted by atomic mass is 9.94. The van der Waals surface area contributed by atoms with E-state index in [1.54, 1.807) is 11.8 Å². The molecule has 100 valence electrons. The van der Waals surface area contributed by atoms with Gasteiger partial charge in [0.1, 0.15) is 5.54 Å². The van der Waals surface area contributed by atoms with Gasteiger partial charge < -0.3 is 10.7 Å². The van der Waals surface area contributed by atoms with Crippen molar-refractivity contribution >= 4 is 22.8 Å². The number of imidazole rings is 1. The normalized spacial score (nSPS) is 14.2. The number of nitrogens with zero attached hydrogens (tertiary/aromatic N) is 2. The second-order valence-corrected chi connectivity index (χ2v) is 5.72. The number of aromatic amines is 1. The molecule has 3 N–H and O–H groups in total. The molecule has 19 heavy (non-hydrogen) atoms. The number of fused-ring (bicyclic) bond motifs is 1. The van der Waals surface area contributed by atoms with Crippen molar-refractivity contribution in [3.05, 3.63) is 24.3 Å². The number of nitrogens with one attached hydrogen (secondary N) is 1. The van der Waals surface area contributed by atoms with Crippen molar-refractivity contribution < 1.29 is 0 Å². The highest BCUT2D eigenvalue weighted by atomic mass is 32.2. The average molecular weight is 274 g/mol. The van der Waals surface area contributed by atoms with Crippen LogP contribution >= 0.6 is 11.8 Å². The molecule has 0 saturated heterocycles. The summed E-state index contributed by atoms with van der Waals surface area (Å²) in [6.45, 7) is 1.95. The van der Waals surface area contributed by atoms with Gasteiger partial charge in [0.15, 0.2) is 5.16 Å². The molecule has 0 aliphatic rings. The van der Waals surface area contributed by atoms with Crippen LogP contribution in [0.1, 0.15) is 26.2 Å². The second-order valence-electron chi connectivity index (χ2n) is 4.63. The van der Waals surface area contributed by atoms with Gasteiger partial charge in [0.25, 0.3) is 0 Å². The fourth-order valence-electron chi connectivity index (χ4n) is 1.87. The zero-order chi connectivity index (χ0) is 13.7. The first kappa shape index (κ1) is 13.9. The molecule has 4 nitrogen and oxygen atoms in total. The maximum Gasteiger partial charge on any atom is 0.166 e. The van der Waals surface area contributed by atoms with Crippen molar-refractivity contribution in [2.45, 2.75) is 36.9 Å². The first-order valence-electron chi connectivity index (χ1n) is 6.44. The molecule has 1 unspecified atom stereocenters. The van der Waals surface area contributed by atoms with Crippen LogP contribution in [0.5, 0.6) is 0 Å². The summed E-state index contributed by atoms with van der Waals surface area (Å²) in [5.41, 5.74) is 7.32. The molecule has 0 fully saturated rings. The standard InChI is InChI=1S/C14H18N4S/c1-2-14(16,10-15)8-5-9-19-13-17-11-6-3-4-7-12(11)18-13/h3-4,6-7H,2,5,8-9,16H2,1H3,(H,17,18). The lowest BCUT2D eigenvalue weighted by molar-refractivity contribution is 0.478. The number of aromatic nitrogens is 2. The molecule has 1 atom stereocenters. The minimum absolute atomic E-state index is 0.672. The van der Waals surface area contributed by atoms with Gasteiger partial charge in [-0.1, -0.05) is 30.8 Å². The third-order valence-corrected chi connectivity index (χ3v) is 4.19. The Labute approximate surface area is 117 Å². The van der Waals surface area contributed by atoms with E-state index in [-0.39, 0.29) is 0 Å². The minimum atomic E-state index is -0.672. The Morgan fingerprint density at radius 1 is 1.47 bits per heavy atom. The van der Waals surface area contributed by atoms with Gasteiger partial charge in [-0.3, -0.25) is 0 Å². The molecule has 0 bridgehead atoms. The molecule has 0 amide bonds. The van der Waals surface area contributed by atoms with Crippen LogP contribution in [0.2, 0.25) is 0 Å². The van der Waals surface area contributed by atoms with E-state index >= 15 is 0 Å². The zero-order valence-electron chi connectivity index (χ0n) is 11.0. The summed E-state index contributed by atoms with van der Waals surface area (Å²) in [7, 11) is 0. The van der Waals surface area contributed by atoms with Gasteiger partial charge in [-0.2, -0.15) is 5.26 Å². The van der Waals surface area contributed by atoms with Crippen LogP contribution in [-0.2, 0) is 0 Å². The Morgan fingerprint density at radius 2 is 2.26 bits per heavy atom. The minimum Gasteiger partial charge on any atom is -0.333 e. The van der Waals surface area contributed by atoms with E-state index in [0.717, 1.165) is 34.8 Å². The fourth-order valence-corrected chi connectivity index (χ4v) is 2.69. The first-order chi connectivity index (χ1) is 9.17. The molecule has 1 aromatic carbocycles. The van der Waals surface area contributed by atoms with Crippen molar-refractivity contribution in [1.29, 1.82) is 5.26 Å². The summed E-state index contributed by atoms with van der Waals surface area (Å²) in [6.07, 6.45) is 2.34. The summed E-state index contributed by atoms with van der Waals surface area (Å²) in [5.74, 6) is 0.917. The highest BCUT2D eigenvalue weighted by Gasteiger charge is 2.20. The number of hydrogen-bond acceptors (Lipinski definition) is 4. The van der Waals surface area contributed by atoms with Gasteiger partial charge in [0.2, 0.25) is 0 Å². The SMILES string of the molecule is CCC(N)(C#N)CCCSc1nc2ccccc2[nH]1. The van der Waals surface area contributed by atoms with Crippen LogP contribution in [0, 0.1) is 11.3 Å². The maximum absolute atomic E-state index is 9.00. The largest absolute Gasteiger partial charge is 0.333 e. The molecule has 1 aromatic heterocycles. The molecule has 0 aliphatic carbocycles. The van der Waals surface area contributed by atoms with Gasteiger partial charge in [-0.05, 0) is 31.4 Å². The van der Waals surface area contributed by atoms with E-state index in [0.29, 0.717) is 6.42 Å². The number of nitrogens with two attached hydrogens (primary N) is 1. The summed E-state index contributed by atoms with van der Waals surface area (Å²) < 4.78 is 0. The van der Waals surface area contributed by atoms with E-state index in [4.69, 9.17) is 11.0 Å². The van der Waals surface area contributed by atoms with Crippen LogP contribution in [0.25, 0.3) is 11.0 Å². The molecule has 0 radical (unpaired) electrons. The fraction of sp³-hybridized carbons (Fsp3) is 0.429. The van der Waals surface area contributed by atoms with E-state index in [1.807, 2.05) is 31.2 Å². The van der Waals surface area contributed by atoms with E-state index < -0.39 is 5.54 Å². The molecule has 0 aliphatic heterocycles. The van der Waals surface area contributed by atoms with Gasteiger partial charge in [0.05, 0.1) is 17.1 Å². The van der Waals surface area contributed by atoms with Gasteiger partial charge >= 0.3 is 0 Å². The predicted molar refractivity (Wildman–Crippen MR) is 78.9 cm³/mol. The Bertz CT molecular complexity index is 553. The predicted octanol–water partition coefficient (Wildman–Crippen LogP) is 3.07. The number of H-pyrrole nitrogens is 1. The number of nitriles is 1. The number of rotatable bonds is 6. The van der Waals surface area contributed by atoms with Crippen LogP contribution in [0.3, 0.4) is 0 Å². The highest BCUT2D eigenvalue weighted by molar-refractivity contribution is 7.99. The molecule has 2 aromatic rings. The van der Waals surface area contributed by atoms with Gasteiger partial charge in [-0.25, -0.2) is 4.98 Å². The van der Waals surface area contributed by atoms with Crippen molar-refractivity contribution in [2.75, 3.05) is 5.75 Å². The number of para-hydroxylation sites is 2. The number of hydrogen-bond donors (Lipinski definition) is 2. The first-order valence-corrected chi connectivity index (χ1v) is 7.43. The molecular weight excluding hydrogens is 256 g/mol. The third-order valence-electron chi connectivity index (χ3n) is 3.23. The van der Waals surface area contributed by atoms with E-state index in [9.17, 15) is 0 Å². The summed E-state index contributed by atoms with van der Waals surface area (Å²) >= 11 is 1.68. The Hall–Kier alpha value is -1.51. The summed E-state index contributed by atoms with van der Waals surface area (Å²) in [5, 5.41) is 9.92. The monoisotopic (exact) mass is 274 g/mol. The van der Waals surface area contributed by atoms with Crippen molar-refractivity contribution in [1.82, 2.24) is 9.97 Å². The molecule has 5 heteroatoms. The van der Waals surface area contributed by atoms with Crippen LogP contribution in [0.15, 0.2) is 29.4 Å². The highest BCUT2D eigenvalue weighted by Crippen LogP contribution is 2.22. The van der Waals surface area contributed by atoms with Gasteiger partial charge in [-0.15, -0.1) is 0 Å². The lowest BCUT2D eigenvalue weighted by Crippen LogP contribution is -2.37. The molecule has 0 spiro atoms. The van der Waals surface area contributed by atoms with Crippen molar-refractivity contribution in [2.24, 2.45) is 5.73 Å². The Kier molecular flexibility index (Phi) is 4.46. The third kappa shape index (κ3) is 3.49. The van der Waals surface area contributed by atoms with E-state index in [1.165, 1.54) is 0 Å². The number of thioether (sulfide) groups is 1. The van der Waals surface area contributed by atoms with Crippen LogP contribution in [-0.4, -0.2) is 21.3 Å². The lowest BCUT2D eigenvalue weighted by Gasteiger charge is -2.18. The smallest absolute Gasteiger partial charge is 0.166 e. The van der Waals surface area contributed by atoms with Crippen LogP contribution in [0.4, 0.5) is 0 Å². The molecule has 0 saturated carbocycles. The molecule has 1 heterocycles.